The zero-order valence-corrected chi connectivity index (χ0v) is 44.0. The maximum absolute atomic E-state index is 7.09. The van der Waals surface area contributed by atoms with Gasteiger partial charge in [0.1, 0.15) is 24.0 Å². The maximum atomic E-state index is 7.09. The number of aromatic nitrogens is 2. The summed E-state index contributed by atoms with van der Waals surface area (Å²) in [7, 11) is 0. The largest absolute Gasteiger partial charge is 0.457 e. The predicted octanol–water partition coefficient (Wildman–Crippen LogP) is 18.1. The van der Waals surface area contributed by atoms with Gasteiger partial charge in [0.05, 0.1) is 22.4 Å². The number of benzene rings is 8. The first kappa shape index (κ1) is 47.4. The van der Waals surface area contributed by atoms with Gasteiger partial charge in [-0.3, -0.25) is 4.57 Å². The molecular formula is C68H66N4O. The Balaban J connectivity index is 1.06. The van der Waals surface area contributed by atoms with Crippen molar-refractivity contribution in [2.75, 3.05) is 16.5 Å². The first-order valence-electron chi connectivity index (χ1n) is 25.8. The van der Waals surface area contributed by atoms with Crippen molar-refractivity contribution in [2.45, 2.75) is 90.9 Å². The van der Waals surface area contributed by atoms with Crippen LogP contribution in [-0.2, 0) is 21.7 Å². The number of hydrogen-bond donors (Lipinski definition) is 0. The molecule has 0 amide bonds. The van der Waals surface area contributed by atoms with E-state index in [1.54, 1.807) is 0 Å². The second-order valence-electron chi connectivity index (χ2n) is 23.1. The Morgan fingerprint density at radius 2 is 0.959 bits per heavy atom. The first-order chi connectivity index (χ1) is 34.9. The van der Waals surface area contributed by atoms with E-state index in [0.29, 0.717) is 6.67 Å². The van der Waals surface area contributed by atoms with E-state index in [-0.39, 0.29) is 21.7 Å². The third-order valence-electron chi connectivity index (χ3n) is 15.4. The monoisotopic (exact) mass is 955 g/mol. The summed E-state index contributed by atoms with van der Waals surface area (Å²) in [6.45, 7) is 23.8. The van der Waals surface area contributed by atoms with Gasteiger partial charge in [0, 0.05) is 51.3 Å². The van der Waals surface area contributed by atoms with Gasteiger partial charge in [-0.25, -0.2) is 4.98 Å². The minimum Gasteiger partial charge on any atom is -0.457 e. The Kier molecular flexibility index (Phi) is 11.7. The molecule has 0 saturated heterocycles. The van der Waals surface area contributed by atoms with E-state index in [4.69, 9.17) is 9.72 Å². The molecule has 0 saturated carbocycles. The van der Waals surface area contributed by atoms with Gasteiger partial charge in [-0.05, 0) is 128 Å². The molecule has 5 nitrogen and oxygen atoms in total. The smallest absolute Gasteiger partial charge is 0.137 e. The summed E-state index contributed by atoms with van der Waals surface area (Å²) >= 11 is 0. The highest BCUT2D eigenvalue weighted by molar-refractivity contribution is 6.10. The molecule has 0 unspecified atom stereocenters. The van der Waals surface area contributed by atoms with Crippen molar-refractivity contribution in [1.82, 2.24) is 9.55 Å². The summed E-state index contributed by atoms with van der Waals surface area (Å²) in [6, 6.07) is 73.1. The Hall–Kier alpha value is -7.89. The van der Waals surface area contributed by atoms with Gasteiger partial charge in [0.2, 0.25) is 0 Å². The second-order valence-corrected chi connectivity index (χ2v) is 23.1. The molecule has 8 aromatic carbocycles. The van der Waals surface area contributed by atoms with Gasteiger partial charge >= 0.3 is 0 Å². The summed E-state index contributed by atoms with van der Waals surface area (Å²) in [6.07, 6.45) is 1.86. The van der Waals surface area contributed by atoms with Crippen LogP contribution in [0.1, 0.15) is 103 Å². The normalized spacial score (nSPS) is 13.2. The summed E-state index contributed by atoms with van der Waals surface area (Å²) in [5.74, 6) is 2.38. The molecular weight excluding hydrogens is 889 g/mol. The van der Waals surface area contributed by atoms with E-state index in [9.17, 15) is 0 Å². The molecule has 0 fully saturated rings. The van der Waals surface area contributed by atoms with E-state index in [2.05, 4.69) is 278 Å². The predicted molar refractivity (Wildman–Crippen MR) is 307 cm³/mol. The average molecular weight is 955 g/mol. The molecule has 364 valence electrons. The van der Waals surface area contributed by atoms with Crippen LogP contribution in [0.4, 0.5) is 22.7 Å². The van der Waals surface area contributed by atoms with Crippen LogP contribution in [0.3, 0.4) is 0 Å². The van der Waals surface area contributed by atoms with Gasteiger partial charge < -0.3 is 14.5 Å². The van der Waals surface area contributed by atoms with Crippen molar-refractivity contribution in [3.8, 4) is 28.4 Å². The van der Waals surface area contributed by atoms with E-state index in [1.165, 1.54) is 44.5 Å². The number of rotatable bonds is 10. The number of nitrogens with zero attached hydrogens (tertiary/aromatic N) is 4. The molecule has 0 bridgehead atoms. The fraction of sp³-hybridized carbons (Fsp3) is 0.221. The zero-order chi connectivity index (χ0) is 50.9. The highest BCUT2D eigenvalue weighted by atomic mass is 16.5. The number of anilines is 4. The highest BCUT2D eigenvalue weighted by Crippen LogP contribution is 2.50. The lowest BCUT2D eigenvalue weighted by Gasteiger charge is -2.33. The zero-order valence-electron chi connectivity index (χ0n) is 44.0. The molecule has 2 aromatic heterocycles. The topological polar surface area (TPSA) is 33.5 Å². The van der Waals surface area contributed by atoms with Crippen molar-refractivity contribution in [1.29, 1.82) is 0 Å². The van der Waals surface area contributed by atoms with Crippen LogP contribution >= 0.6 is 0 Å². The van der Waals surface area contributed by atoms with Gasteiger partial charge in [-0.15, -0.1) is 0 Å². The molecule has 0 N–H and O–H groups in total. The van der Waals surface area contributed by atoms with Crippen molar-refractivity contribution in [2.24, 2.45) is 0 Å². The molecule has 11 rings (SSSR count). The lowest BCUT2D eigenvalue weighted by Crippen LogP contribution is -2.27. The standard InChI is InChI=1S/C68H66N4O/c1-65(2,3)50-29-33-60-59(41-50)58-32-31-56(44-62(58)72(60)64-28-20-21-35-69-64)73-57-37-47(46-22-14-11-15-23-46)36-54(43-57)70-45-71(63-42-51(66(4,5)6)30-34-61(63)70)55-39-52(67(7,8)48-24-16-12-17-25-48)38-53(40-55)68(9,10)49-26-18-13-19-27-49/h11-44H,45H2,1-10H3. The van der Waals surface area contributed by atoms with Gasteiger partial charge in [-0.1, -0.05) is 184 Å². The molecule has 0 aliphatic carbocycles. The molecule has 5 heteroatoms. The van der Waals surface area contributed by atoms with Gasteiger partial charge in [-0.2, -0.15) is 0 Å². The molecule has 0 radical (unpaired) electrons. The van der Waals surface area contributed by atoms with Crippen LogP contribution in [0, 0.1) is 0 Å². The van der Waals surface area contributed by atoms with E-state index >= 15 is 0 Å². The van der Waals surface area contributed by atoms with E-state index < -0.39 is 0 Å². The fourth-order valence-electron chi connectivity index (χ4n) is 10.7. The average Bonchev–Trinajstić information content (AvgIpc) is 3.94. The lowest BCUT2D eigenvalue weighted by molar-refractivity contribution is 0.483. The van der Waals surface area contributed by atoms with Crippen molar-refractivity contribution in [3.63, 3.8) is 0 Å². The Labute approximate surface area is 432 Å². The summed E-state index contributed by atoms with van der Waals surface area (Å²) in [5.41, 5.74) is 16.0. The Bertz CT molecular complexity index is 3570. The lowest BCUT2D eigenvalue weighted by atomic mass is 9.73. The third-order valence-corrected chi connectivity index (χ3v) is 15.4. The molecule has 1 aliphatic heterocycles. The second kappa shape index (κ2) is 18.0. The molecule has 1 aliphatic rings. The Morgan fingerprint density at radius 1 is 0.384 bits per heavy atom. The molecule has 10 aromatic rings. The summed E-state index contributed by atoms with van der Waals surface area (Å²) in [4.78, 5) is 9.84. The molecule has 73 heavy (non-hydrogen) atoms. The number of ether oxygens (including phenoxy) is 1. The SMILES string of the molecule is CC(C)(C)c1ccc2c(c1)N(c1cc(C(C)(C)c3ccccc3)cc(C(C)(C)c3ccccc3)c1)CN2c1cc(Oc2ccc3c4cc(C(C)(C)C)ccc4n(-c4ccccn4)c3c2)cc(-c2ccccc2)c1. The summed E-state index contributed by atoms with van der Waals surface area (Å²) < 4.78 is 9.36. The van der Waals surface area contributed by atoms with Crippen molar-refractivity contribution < 1.29 is 4.74 Å². The van der Waals surface area contributed by atoms with Crippen molar-refractivity contribution in [3.05, 3.63) is 240 Å². The van der Waals surface area contributed by atoms with Gasteiger partial charge in [0.15, 0.2) is 0 Å². The maximum Gasteiger partial charge on any atom is 0.137 e. The van der Waals surface area contributed by atoms with Crippen LogP contribution in [0.15, 0.2) is 206 Å². The minimum atomic E-state index is -0.269. The number of fused-ring (bicyclic) bond motifs is 4. The highest BCUT2D eigenvalue weighted by Gasteiger charge is 2.34. The van der Waals surface area contributed by atoms with Gasteiger partial charge in [0.25, 0.3) is 0 Å². The molecule has 3 heterocycles. The van der Waals surface area contributed by atoms with Crippen LogP contribution in [0.5, 0.6) is 11.5 Å². The quantitative estimate of drug-likeness (QED) is 0.137. The first-order valence-corrected chi connectivity index (χ1v) is 25.8. The van der Waals surface area contributed by atoms with Crippen LogP contribution in [-0.4, -0.2) is 16.2 Å². The Morgan fingerprint density at radius 3 is 1.58 bits per heavy atom. The fourth-order valence-corrected chi connectivity index (χ4v) is 10.7. The van der Waals surface area contributed by atoms with E-state index in [0.717, 1.165) is 61.9 Å². The molecule has 0 spiro atoms. The van der Waals surface area contributed by atoms with Crippen molar-refractivity contribution >= 4 is 44.6 Å². The van der Waals surface area contributed by atoms with Crippen LogP contribution in [0.25, 0.3) is 38.8 Å². The summed E-state index contributed by atoms with van der Waals surface area (Å²) in [5, 5.41) is 2.36. The van der Waals surface area contributed by atoms with Crippen LogP contribution in [0.2, 0.25) is 0 Å². The number of hydrogen-bond acceptors (Lipinski definition) is 4. The third kappa shape index (κ3) is 8.86. The van der Waals surface area contributed by atoms with E-state index in [1.807, 2.05) is 12.3 Å². The number of pyridine rings is 1. The molecule has 0 atom stereocenters. The van der Waals surface area contributed by atoms with Crippen LogP contribution < -0.4 is 14.5 Å². The minimum absolute atomic E-state index is 0.00541.